The van der Waals surface area contributed by atoms with Crippen molar-refractivity contribution in [3.63, 3.8) is 0 Å². The van der Waals surface area contributed by atoms with E-state index in [0.717, 1.165) is 50.0 Å². The molecule has 1 aromatic carbocycles. The number of aliphatic imine (C=N–C) groups is 1. The standard InChI is InChI=1S/C29H45FN4O3/c1-3-7-20-10-12-22(13-11-20)18-27(35)34-29(31)33-25(16-21-8-5-4-6-9-21)28(36)32-19-23-14-15-24(30)26(17-23)37-2/h14-15,17,20-22,25H,3-13,16,18-19H2,1-2H3,(H,32,36)(H3,31,33,34,35)/t20?,22?,25-/m1/s1. The van der Waals surface area contributed by atoms with Crippen LogP contribution in [0.3, 0.4) is 0 Å². The Hall–Kier alpha value is -2.64. The fourth-order valence-corrected chi connectivity index (χ4v) is 5.87. The van der Waals surface area contributed by atoms with Gasteiger partial charge in [-0.3, -0.25) is 14.9 Å². The molecule has 3 rings (SSSR count). The first-order valence-corrected chi connectivity index (χ1v) is 14.1. The average Bonchev–Trinajstić information content (AvgIpc) is 2.89. The van der Waals surface area contributed by atoms with Gasteiger partial charge in [0.2, 0.25) is 11.8 Å². The number of benzene rings is 1. The van der Waals surface area contributed by atoms with Crippen molar-refractivity contribution in [3.8, 4) is 5.75 Å². The number of methoxy groups -OCH3 is 1. The first kappa shape index (κ1) is 28.9. The number of carbonyl (C=O) groups excluding carboxylic acids is 2. The summed E-state index contributed by atoms with van der Waals surface area (Å²) in [6.45, 7) is 2.45. The molecule has 4 N–H and O–H groups in total. The van der Waals surface area contributed by atoms with Gasteiger partial charge >= 0.3 is 0 Å². The summed E-state index contributed by atoms with van der Waals surface area (Å²) in [5, 5.41) is 5.64. The van der Waals surface area contributed by atoms with Crippen molar-refractivity contribution in [1.29, 1.82) is 0 Å². The van der Waals surface area contributed by atoms with Crippen molar-refractivity contribution in [1.82, 2.24) is 10.6 Å². The molecular weight excluding hydrogens is 471 g/mol. The molecule has 0 aliphatic heterocycles. The molecule has 2 aliphatic rings. The van der Waals surface area contributed by atoms with Gasteiger partial charge in [0.05, 0.1) is 7.11 Å². The van der Waals surface area contributed by atoms with Gasteiger partial charge in [0.1, 0.15) is 6.04 Å². The third-order valence-electron chi connectivity index (χ3n) is 7.97. The highest BCUT2D eigenvalue weighted by atomic mass is 19.1. The molecule has 7 nitrogen and oxygen atoms in total. The van der Waals surface area contributed by atoms with Crippen molar-refractivity contribution in [2.75, 3.05) is 7.11 Å². The van der Waals surface area contributed by atoms with Crippen LogP contribution in [0.2, 0.25) is 0 Å². The highest BCUT2D eigenvalue weighted by Crippen LogP contribution is 2.33. The Bertz CT molecular complexity index is 908. The Labute approximate surface area is 221 Å². The molecule has 2 saturated carbocycles. The molecule has 0 saturated heterocycles. The zero-order valence-corrected chi connectivity index (χ0v) is 22.6. The highest BCUT2D eigenvalue weighted by Gasteiger charge is 2.26. The largest absolute Gasteiger partial charge is 0.494 e. The molecule has 37 heavy (non-hydrogen) atoms. The first-order valence-electron chi connectivity index (χ1n) is 14.1. The molecule has 0 unspecified atom stereocenters. The predicted octanol–water partition coefficient (Wildman–Crippen LogP) is 5.22. The molecule has 2 fully saturated rings. The van der Waals surface area contributed by atoms with Crippen molar-refractivity contribution in [2.45, 2.75) is 103 Å². The van der Waals surface area contributed by atoms with E-state index in [0.29, 0.717) is 24.7 Å². The van der Waals surface area contributed by atoms with Crippen LogP contribution in [-0.4, -0.2) is 30.9 Å². The quantitative estimate of drug-likeness (QED) is 0.277. The molecule has 0 spiro atoms. The average molecular weight is 517 g/mol. The van der Waals surface area contributed by atoms with E-state index >= 15 is 0 Å². The minimum atomic E-state index is -0.685. The van der Waals surface area contributed by atoms with Crippen molar-refractivity contribution >= 4 is 17.8 Å². The molecule has 206 valence electrons. The second-order valence-electron chi connectivity index (χ2n) is 10.9. The lowest BCUT2D eigenvalue weighted by atomic mass is 9.79. The monoisotopic (exact) mass is 516 g/mol. The van der Waals surface area contributed by atoms with E-state index in [1.165, 1.54) is 45.3 Å². The number of amides is 2. The minimum absolute atomic E-state index is 0.00378. The van der Waals surface area contributed by atoms with Gasteiger partial charge in [-0.05, 0) is 54.7 Å². The molecular formula is C29H45FN4O3. The Kier molecular flexibility index (Phi) is 11.7. The van der Waals surface area contributed by atoms with Crippen LogP contribution >= 0.6 is 0 Å². The highest BCUT2D eigenvalue weighted by molar-refractivity contribution is 5.97. The van der Waals surface area contributed by atoms with Gasteiger partial charge in [-0.2, -0.15) is 0 Å². The summed E-state index contributed by atoms with van der Waals surface area (Å²) in [6.07, 6.45) is 13.8. The lowest BCUT2D eigenvalue weighted by Gasteiger charge is -2.28. The Morgan fingerprint density at radius 3 is 2.46 bits per heavy atom. The summed E-state index contributed by atoms with van der Waals surface area (Å²) in [6, 6.07) is 3.82. The van der Waals surface area contributed by atoms with Crippen LogP contribution in [0.25, 0.3) is 0 Å². The van der Waals surface area contributed by atoms with Gasteiger partial charge in [0.15, 0.2) is 17.5 Å². The number of hydrogen-bond acceptors (Lipinski definition) is 4. The maximum Gasteiger partial charge on any atom is 0.245 e. The van der Waals surface area contributed by atoms with E-state index in [-0.39, 0.29) is 30.1 Å². The van der Waals surface area contributed by atoms with Crippen LogP contribution in [0.5, 0.6) is 5.75 Å². The van der Waals surface area contributed by atoms with E-state index in [9.17, 15) is 14.0 Å². The number of rotatable bonds is 11. The smallest absolute Gasteiger partial charge is 0.245 e. The van der Waals surface area contributed by atoms with Crippen molar-refractivity contribution in [2.24, 2.45) is 28.5 Å². The van der Waals surface area contributed by atoms with Crippen molar-refractivity contribution < 1.29 is 18.7 Å². The number of guanidine groups is 1. The first-order chi connectivity index (χ1) is 17.9. The van der Waals surface area contributed by atoms with E-state index < -0.39 is 11.9 Å². The van der Waals surface area contributed by atoms with Gasteiger partial charge in [-0.1, -0.05) is 70.8 Å². The normalized spacial score (nSPS) is 21.8. The summed E-state index contributed by atoms with van der Waals surface area (Å²) in [7, 11) is 1.41. The fourth-order valence-electron chi connectivity index (χ4n) is 5.87. The molecule has 0 aromatic heterocycles. The molecule has 1 atom stereocenters. The van der Waals surface area contributed by atoms with Crippen molar-refractivity contribution in [3.05, 3.63) is 29.6 Å². The van der Waals surface area contributed by atoms with Gasteiger partial charge in [0, 0.05) is 13.0 Å². The molecule has 8 heteroatoms. The summed E-state index contributed by atoms with van der Waals surface area (Å²) in [4.78, 5) is 30.3. The molecule has 1 aromatic rings. The Morgan fingerprint density at radius 2 is 1.78 bits per heavy atom. The van der Waals surface area contributed by atoms with Gasteiger partial charge in [-0.15, -0.1) is 0 Å². The summed E-state index contributed by atoms with van der Waals surface area (Å²) >= 11 is 0. The topological polar surface area (TPSA) is 106 Å². The summed E-state index contributed by atoms with van der Waals surface area (Å²) in [5.41, 5.74) is 6.85. The summed E-state index contributed by atoms with van der Waals surface area (Å²) < 4.78 is 18.8. The number of nitrogens with one attached hydrogen (secondary N) is 2. The zero-order valence-electron chi connectivity index (χ0n) is 22.6. The third kappa shape index (κ3) is 9.63. The molecule has 2 amide bonds. The van der Waals surface area contributed by atoms with Crippen LogP contribution < -0.4 is 21.1 Å². The van der Waals surface area contributed by atoms with E-state index in [1.807, 2.05) is 0 Å². The lowest BCUT2D eigenvalue weighted by molar-refractivity contribution is -0.123. The SMILES string of the molecule is CCCC1CCC(CC(=O)NC(N)=N[C@H](CC2CCCCC2)C(=O)NCc2ccc(F)c(OC)c2)CC1. The lowest BCUT2D eigenvalue weighted by Crippen LogP contribution is -2.42. The molecule has 0 radical (unpaired) electrons. The van der Waals surface area contributed by atoms with E-state index in [4.69, 9.17) is 10.5 Å². The fraction of sp³-hybridized carbons (Fsp3) is 0.690. The Balaban J connectivity index is 1.57. The Morgan fingerprint density at radius 1 is 1.08 bits per heavy atom. The predicted molar refractivity (Wildman–Crippen MR) is 145 cm³/mol. The van der Waals surface area contributed by atoms with Crippen LogP contribution in [-0.2, 0) is 16.1 Å². The van der Waals surface area contributed by atoms with Crippen LogP contribution in [0.15, 0.2) is 23.2 Å². The molecule has 2 aliphatic carbocycles. The number of hydrogen-bond donors (Lipinski definition) is 3. The van der Waals surface area contributed by atoms with E-state index in [2.05, 4.69) is 22.5 Å². The van der Waals surface area contributed by atoms with E-state index in [1.54, 1.807) is 12.1 Å². The van der Waals surface area contributed by atoms with Crippen LogP contribution in [0.1, 0.15) is 96.0 Å². The number of carbonyl (C=O) groups is 2. The maximum absolute atomic E-state index is 13.7. The number of nitrogens with two attached hydrogens (primary N) is 1. The zero-order chi connectivity index (χ0) is 26.6. The van der Waals surface area contributed by atoms with Crippen LogP contribution in [0.4, 0.5) is 4.39 Å². The molecule has 0 bridgehead atoms. The second-order valence-corrected chi connectivity index (χ2v) is 10.9. The number of halogens is 1. The number of nitrogens with zero attached hydrogens (tertiary/aromatic N) is 1. The van der Waals surface area contributed by atoms with Crippen LogP contribution in [0, 0.1) is 23.6 Å². The molecule has 0 heterocycles. The maximum atomic E-state index is 13.7. The van der Waals surface area contributed by atoms with Gasteiger partial charge < -0.3 is 15.8 Å². The third-order valence-corrected chi connectivity index (χ3v) is 7.97. The van der Waals surface area contributed by atoms with Gasteiger partial charge in [-0.25, -0.2) is 9.38 Å². The van der Waals surface area contributed by atoms with Gasteiger partial charge in [0.25, 0.3) is 0 Å². The second kappa shape index (κ2) is 14.9. The number of ether oxygens (including phenoxy) is 1. The summed E-state index contributed by atoms with van der Waals surface area (Å²) in [5.74, 6) is 0.894. The minimum Gasteiger partial charge on any atom is -0.494 e.